The zero-order valence-electron chi connectivity index (χ0n) is 9.84. The highest BCUT2D eigenvalue weighted by Crippen LogP contribution is 2.31. The maximum atomic E-state index is 12.0. The van der Waals surface area contributed by atoms with Crippen LogP contribution in [0.5, 0.6) is 5.75 Å². The number of benzene rings is 1. The number of aliphatic carboxylic acids is 1. The second kappa shape index (κ2) is 6.65. The average Bonchev–Trinajstić information content (AvgIpc) is 2.26. The average molecular weight is 297 g/mol. The van der Waals surface area contributed by atoms with Crippen LogP contribution in [0.3, 0.4) is 0 Å². The van der Waals surface area contributed by atoms with E-state index in [0.717, 1.165) is 11.6 Å². The van der Waals surface area contributed by atoms with Crippen molar-refractivity contribution in [1.29, 1.82) is 0 Å². The van der Waals surface area contributed by atoms with Crippen molar-refractivity contribution in [2.45, 2.75) is 32.0 Å². The van der Waals surface area contributed by atoms with E-state index in [9.17, 15) is 18.0 Å². The van der Waals surface area contributed by atoms with Crippen molar-refractivity contribution in [3.05, 3.63) is 28.8 Å². The number of carboxylic acids is 1. The fraction of sp³-hybridized carbons (Fsp3) is 0.417. The fourth-order valence-corrected chi connectivity index (χ4v) is 1.75. The summed E-state index contributed by atoms with van der Waals surface area (Å²) < 4.78 is 39.8. The zero-order valence-corrected chi connectivity index (χ0v) is 10.6. The number of rotatable bonds is 6. The van der Waals surface area contributed by atoms with Gasteiger partial charge in [-0.25, -0.2) is 0 Å². The third kappa shape index (κ3) is 6.33. The standard InChI is InChI=1S/C12H12ClF3O3/c13-9-7-8(3-1-2-4-11(17)18)5-6-10(9)19-12(14,15)16/h5-7H,1-4H2,(H,17,18). The van der Waals surface area contributed by atoms with Crippen LogP contribution in [0, 0.1) is 0 Å². The number of hydrogen-bond donors (Lipinski definition) is 1. The van der Waals surface area contributed by atoms with E-state index in [1.165, 1.54) is 12.1 Å². The molecule has 0 atom stereocenters. The van der Waals surface area contributed by atoms with Gasteiger partial charge < -0.3 is 9.84 Å². The van der Waals surface area contributed by atoms with Crippen LogP contribution >= 0.6 is 11.6 Å². The van der Waals surface area contributed by atoms with Crippen LogP contribution in [0.25, 0.3) is 0 Å². The number of carboxylic acid groups (broad SMARTS) is 1. The first-order valence-electron chi connectivity index (χ1n) is 5.54. The lowest BCUT2D eigenvalue weighted by Crippen LogP contribution is -2.17. The van der Waals surface area contributed by atoms with Crippen molar-refractivity contribution < 1.29 is 27.8 Å². The minimum Gasteiger partial charge on any atom is -0.481 e. The van der Waals surface area contributed by atoms with Gasteiger partial charge in [0.05, 0.1) is 5.02 Å². The second-order valence-corrected chi connectivity index (χ2v) is 4.32. The molecule has 0 aliphatic heterocycles. The second-order valence-electron chi connectivity index (χ2n) is 3.91. The largest absolute Gasteiger partial charge is 0.573 e. The Bertz CT molecular complexity index is 446. The molecule has 1 aromatic carbocycles. The van der Waals surface area contributed by atoms with Crippen molar-refractivity contribution in [3.8, 4) is 5.75 Å². The molecule has 7 heteroatoms. The molecule has 0 aromatic heterocycles. The van der Waals surface area contributed by atoms with E-state index in [1.54, 1.807) is 0 Å². The molecule has 0 spiro atoms. The molecular formula is C12H12ClF3O3. The van der Waals surface area contributed by atoms with Crippen LogP contribution in [0.4, 0.5) is 13.2 Å². The predicted octanol–water partition coefficient (Wildman–Crippen LogP) is 4.04. The van der Waals surface area contributed by atoms with Crippen LogP contribution in [-0.2, 0) is 11.2 Å². The fourth-order valence-electron chi connectivity index (χ4n) is 1.51. The summed E-state index contributed by atoms with van der Waals surface area (Å²) in [4.78, 5) is 10.3. The number of hydrogen-bond acceptors (Lipinski definition) is 2. The third-order valence-corrected chi connectivity index (χ3v) is 2.62. The molecule has 0 radical (unpaired) electrons. The van der Waals surface area contributed by atoms with E-state index >= 15 is 0 Å². The Hall–Kier alpha value is -1.43. The molecule has 0 unspecified atom stereocenters. The molecule has 0 saturated heterocycles. The van der Waals surface area contributed by atoms with Crippen molar-refractivity contribution >= 4 is 17.6 Å². The molecule has 0 bridgehead atoms. The summed E-state index contributed by atoms with van der Waals surface area (Å²) in [6.45, 7) is 0. The Morgan fingerprint density at radius 2 is 2.00 bits per heavy atom. The number of alkyl halides is 3. The number of ether oxygens (including phenoxy) is 1. The van der Waals surface area contributed by atoms with Crippen molar-refractivity contribution in [1.82, 2.24) is 0 Å². The van der Waals surface area contributed by atoms with Gasteiger partial charge in [0.25, 0.3) is 0 Å². The lowest BCUT2D eigenvalue weighted by Gasteiger charge is -2.11. The van der Waals surface area contributed by atoms with E-state index in [1.807, 2.05) is 0 Å². The van der Waals surface area contributed by atoms with E-state index in [2.05, 4.69) is 4.74 Å². The molecule has 0 heterocycles. The molecular weight excluding hydrogens is 285 g/mol. The van der Waals surface area contributed by atoms with Gasteiger partial charge in [0.15, 0.2) is 0 Å². The van der Waals surface area contributed by atoms with Gasteiger partial charge in [-0.15, -0.1) is 13.2 Å². The van der Waals surface area contributed by atoms with Crippen LogP contribution in [0.1, 0.15) is 24.8 Å². The third-order valence-electron chi connectivity index (χ3n) is 2.33. The van der Waals surface area contributed by atoms with Gasteiger partial charge in [0, 0.05) is 6.42 Å². The highest BCUT2D eigenvalue weighted by Gasteiger charge is 2.31. The number of aryl methyl sites for hydroxylation is 1. The molecule has 1 N–H and O–H groups in total. The first-order chi connectivity index (χ1) is 8.78. The minimum absolute atomic E-state index is 0.0724. The summed E-state index contributed by atoms with van der Waals surface area (Å²) in [6.07, 6.45) is -3.01. The first kappa shape index (κ1) is 15.6. The molecule has 0 fully saturated rings. The van der Waals surface area contributed by atoms with Gasteiger partial charge in [0.2, 0.25) is 0 Å². The Morgan fingerprint density at radius 3 is 2.53 bits per heavy atom. The molecule has 1 rings (SSSR count). The Kier molecular flexibility index (Phi) is 5.47. The first-order valence-corrected chi connectivity index (χ1v) is 5.92. The summed E-state index contributed by atoms with van der Waals surface area (Å²) in [6, 6.07) is 4.03. The van der Waals surface area contributed by atoms with E-state index in [4.69, 9.17) is 16.7 Å². The lowest BCUT2D eigenvalue weighted by atomic mass is 10.1. The molecule has 0 aliphatic rings. The van der Waals surface area contributed by atoms with Crippen LogP contribution in [0.15, 0.2) is 18.2 Å². The number of carbonyl (C=O) groups is 1. The zero-order chi connectivity index (χ0) is 14.5. The van der Waals surface area contributed by atoms with Crippen LogP contribution < -0.4 is 4.74 Å². The van der Waals surface area contributed by atoms with Gasteiger partial charge >= 0.3 is 12.3 Å². The summed E-state index contributed by atoms with van der Waals surface area (Å²) in [5, 5.41) is 8.34. The van der Waals surface area contributed by atoms with Gasteiger partial charge in [0.1, 0.15) is 5.75 Å². The number of halogens is 4. The van der Waals surface area contributed by atoms with Gasteiger partial charge in [-0.2, -0.15) is 0 Å². The summed E-state index contributed by atoms with van der Waals surface area (Å²) in [5.41, 5.74) is 0.741. The van der Waals surface area contributed by atoms with E-state index in [-0.39, 0.29) is 11.4 Å². The molecule has 106 valence electrons. The Labute approximate surface area is 112 Å². The minimum atomic E-state index is -4.77. The maximum Gasteiger partial charge on any atom is 0.573 e. The van der Waals surface area contributed by atoms with Crippen molar-refractivity contribution in [2.24, 2.45) is 0 Å². The smallest absolute Gasteiger partial charge is 0.481 e. The Balaban J connectivity index is 2.54. The summed E-state index contributed by atoms with van der Waals surface area (Å²) in [5.74, 6) is -1.31. The van der Waals surface area contributed by atoms with Crippen molar-refractivity contribution in [2.75, 3.05) is 0 Å². The molecule has 3 nitrogen and oxygen atoms in total. The molecule has 0 aliphatic carbocycles. The van der Waals surface area contributed by atoms with Gasteiger partial charge in [-0.3, -0.25) is 4.79 Å². The van der Waals surface area contributed by atoms with Crippen LogP contribution in [0.2, 0.25) is 5.02 Å². The number of unbranched alkanes of at least 4 members (excludes halogenated alkanes) is 1. The maximum absolute atomic E-state index is 12.0. The summed E-state index contributed by atoms with van der Waals surface area (Å²) in [7, 11) is 0. The SMILES string of the molecule is O=C(O)CCCCc1ccc(OC(F)(F)F)c(Cl)c1. The highest BCUT2D eigenvalue weighted by molar-refractivity contribution is 6.32. The van der Waals surface area contributed by atoms with Crippen molar-refractivity contribution in [3.63, 3.8) is 0 Å². The highest BCUT2D eigenvalue weighted by atomic mass is 35.5. The quantitative estimate of drug-likeness (QED) is 0.806. The van der Waals surface area contributed by atoms with Gasteiger partial charge in [-0.05, 0) is 37.0 Å². The molecule has 0 saturated carbocycles. The topological polar surface area (TPSA) is 46.5 Å². The van der Waals surface area contributed by atoms with E-state index < -0.39 is 18.1 Å². The monoisotopic (exact) mass is 296 g/mol. The predicted molar refractivity (Wildman–Crippen MR) is 63.3 cm³/mol. The van der Waals surface area contributed by atoms with Gasteiger partial charge in [-0.1, -0.05) is 17.7 Å². The molecule has 0 amide bonds. The normalized spacial score (nSPS) is 11.4. The lowest BCUT2D eigenvalue weighted by molar-refractivity contribution is -0.274. The molecule has 19 heavy (non-hydrogen) atoms. The summed E-state index contributed by atoms with van der Waals surface area (Å²) >= 11 is 5.68. The van der Waals surface area contributed by atoms with E-state index in [0.29, 0.717) is 19.3 Å². The van der Waals surface area contributed by atoms with Crippen LogP contribution in [-0.4, -0.2) is 17.4 Å². The molecule has 1 aromatic rings. The Morgan fingerprint density at radius 1 is 1.32 bits per heavy atom.